The molecular weight excluding hydrogens is 124 g/mol. The van der Waals surface area contributed by atoms with E-state index in [2.05, 4.69) is 0 Å². The largest absolute Gasteiger partial charge is 0.507 e. The van der Waals surface area contributed by atoms with Crippen molar-refractivity contribution >= 4 is 11.6 Å². The molecule has 0 aromatic heterocycles. The lowest BCUT2D eigenvalue weighted by Gasteiger charge is -2.01. The van der Waals surface area contributed by atoms with Crippen LogP contribution in [0.4, 0.5) is 0 Å². The summed E-state index contributed by atoms with van der Waals surface area (Å²) < 4.78 is 0. The number of aliphatic hydroxyl groups excluding tert-OH is 1. The molecule has 0 radical (unpaired) electrons. The molecule has 0 heterocycles. The molecule has 0 bridgehead atoms. The highest BCUT2D eigenvalue weighted by Crippen LogP contribution is 2.18. The van der Waals surface area contributed by atoms with Crippen molar-refractivity contribution in [1.82, 2.24) is 0 Å². The molecule has 2 heteroatoms. The Labute approximate surface area is 53.3 Å². The highest BCUT2D eigenvalue weighted by atomic mass is 35.5. The Balaban J connectivity index is 2.73. The van der Waals surface area contributed by atoms with E-state index >= 15 is 0 Å². The summed E-state index contributed by atoms with van der Waals surface area (Å²) in [5.74, 6) is 0.220. The van der Waals surface area contributed by atoms with Gasteiger partial charge in [-0.25, -0.2) is 0 Å². The average Bonchev–Trinajstić information content (AvgIpc) is 1.77. The van der Waals surface area contributed by atoms with Crippen LogP contribution >= 0.6 is 11.6 Å². The minimum absolute atomic E-state index is 0.220. The zero-order chi connectivity index (χ0) is 5.98. The van der Waals surface area contributed by atoms with E-state index < -0.39 is 0 Å². The molecule has 1 nitrogen and oxygen atoms in total. The van der Waals surface area contributed by atoms with Gasteiger partial charge in [0.2, 0.25) is 0 Å². The van der Waals surface area contributed by atoms with Gasteiger partial charge in [0.1, 0.15) is 5.76 Å². The normalized spacial score (nSPS) is 19.6. The number of aliphatic hydroxyl groups is 1. The first-order valence-electron chi connectivity index (χ1n) is 2.56. The van der Waals surface area contributed by atoms with Gasteiger partial charge < -0.3 is 5.11 Å². The van der Waals surface area contributed by atoms with Crippen molar-refractivity contribution in [3.63, 3.8) is 0 Å². The van der Waals surface area contributed by atoms with Gasteiger partial charge in [0.15, 0.2) is 0 Å². The van der Waals surface area contributed by atoms with Gasteiger partial charge in [-0.05, 0) is 18.9 Å². The van der Waals surface area contributed by atoms with Crippen LogP contribution in [0.3, 0.4) is 0 Å². The summed E-state index contributed by atoms with van der Waals surface area (Å²) in [4.78, 5) is 0. The van der Waals surface area contributed by atoms with Gasteiger partial charge in [0.05, 0.1) is 5.03 Å². The van der Waals surface area contributed by atoms with Crippen LogP contribution in [0, 0.1) is 0 Å². The van der Waals surface area contributed by atoms with E-state index in [4.69, 9.17) is 16.7 Å². The molecular formula is C6H7ClO. The third kappa shape index (κ3) is 1.04. The summed E-state index contributed by atoms with van der Waals surface area (Å²) in [6.07, 6.45) is 5.39. The zero-order valence-electron chi connectivity index (χ0n) is 4.39. The quantitative estimate of drug-likeness (QED) is 0.534. The minimum Gasteiger partial charge on any atom is -0.507 e. The molecule has 0 spiro atoms. The van der Waals surface area contributed by atoms with E-state index in [1.54, 1.807) is 6.08 Å². The molecule has 1 N–H and O–H groups in total. The van der Waals surface area contributed by atoms with Crippen LogP contribution in [0.15, 0.2) is 22.9 Å². The van der Waals surface area contributed by atoms with Crippen molar-refractivity contribution in [2.24, 2.45) is 0 Å². The van der Waals surface area contributed by atoms with Crippen LogP contribution in [0.5, 0.6) is 0 Å². The number of halogens is 1. The van der Waals surface area contributed by atoms with E-state index in [9.17, 15) is 0 Å². The molecule has 1 aliphatic rings. The summed E-state index contributed by atoms with van der Waals surface area (Å²) in [5.41, 5.74) is 0. The van der Waals surface area contributed by atoms with Gasteiger partial charge in [0, 0.05) is 0 Å². The Morgan fingerprint density at radius 1 is 1.38 bits per heavy atom. The minimum atomic E-state index is 0.220. The lowest BCUT2D eigenvalue weighted by atomic mass is 10.2. The van der Waals surface area contributed by atoms with Crippen LogP contribution in [0.2, 0.25) is 0 Å². The topological polar surface area (TPSA) is 20.2 Å². The summed E-state index contributed by atoms with van der Waals surface area (Å²) in [6, 6.07) is 0. The molecule has 0 aromatic carbocycles. The van der Waals surface area contributed by atoms with Gasteiger partial charge in [-0.1, -0.05) is 17.7 Å². The standard InChI is InChI=1S/C6H7ClO/c7-5-3-1-2-4-6(5)8/h3-4,8H,1-2H2. The smallest absolute Gasteiger partial charge is 0.129 e. The van der Waals surface area contributed by atoms with Crippen molar-refractivity contribution in [2.45, 2.75) is 12.8 Å². The molecule has 0 amide bonds. The predicted molar refractivity (Wildman–Crippen MR) is 33.9 cm³/mol. The Morgan fingerprint density at radius 2 is 2.00 bits per heavy atom. The molecule has 0 fully saturated rings. The van der Waals surface area contributed by atoms with E-state index in [1.807, 2.05) is 6.08 Å². The molecule has 0 unspecified atom stereocenters. The maximum Gasteiger partial charge on any atom is 0.129 e. The molecule has 8 heavy (non-hydrogen) atoms. The van der Waals surface area contributed by atoms with Crippen LogP contribution in [-0.2, 0) is 0 Å². The summed E-state index contributed by atoms with van der Waals surface area (Å²) in [6.45, 7) is 0. The SMILES string of the molecule is OC1=CCCC=C1Cl. The first-order chi connectivity index (χ1) is 3.80. The lowest BCUT2D eigenvalue weighted by molar-refractivity contribution is 0.423. The van der Waals surface area contributed by atoms with Crippen LogP contribution in [0.1, 0.15) is 12.8 Å². The maximum atomic E-state index is 8.84. The summed E-state index contributed by atoms with van der Waals surface area (Å²) in [7, 11) is 0. The molecule has 0 saturated heterocycles. The van der Waals surface area contributed by atoms with E-state index in [-0.39, 0.29) is 5.76 Å². The van der Waals surface area contributed by atoms with Gasteiger partial charge in [0.25, 0.3) is 0 Å². The monoisotopic (exact) mass is 130 g/mol. The predicted octanol–water partition coefficient (Wildman–Crippen LogP) is 2.34. The number of rotatable bonds is 0. The van der Waals surface area contributed by atoms with Crippen molar-refractivity contribution in [2.75, 3.05) is 0 Å². The molecule has 1 aliphatic carbocycles. The molecule has 0 aliphatic heterocycles. The molecule has 0 atom stereocenters. The van der Waals surface area contributed by atoms with E-state index in [0.717, 1.165) is 12.8 Å². The highest BCUT2D eigenvalue weighted by molar-refractivity contribution is 6.31. The number of allylic oxidation sites excluding steroid dienone is 3. The Morgan fingerprint density at radius 3 is 2.38 bits per heavy atom. The fourth-order valence-corrected chi connectivity index (χ4v) is 0.818. The van der Waals surface area contributed by atoms with Gasteiger partial charge in [-0.2, -0.15) is 0 Å². The molecule has 44 valence electrons. The second kappa shape index (κ2) is 2.23. The fraction of sp³-hybridized carbons (Fsp3) is 0.333. The molecule has 1 rings (SSSR count). The van der Waals surface area contributed by atoms with Gasteiger partial charge >= 0.3 is 0 Å². The van der Waals surface area contributed by atoms with Crippen LogP contribution < -0.4 is 0 Å². The average molecular weight is 131 g/mol. The first kappa shape index (κ1) is 5.70. The fourth-order valence-electron chi connectivity index (χ4n) is 0.632. The van der Waals surface area contributed by atoms with E-state index in [0.29, 0.717) is 5.03 Å². The van der Waals surface area contributed by atoms with Crippen LogP contribution in [0.25, 0.3) is 0 Å². The maximum absolute atomic E-state index is 8.84. The van der Waals surface area contributed by atoms with Crippen LogP contribution in [-0.4, -0.2) is 5.11 Å². The molecule has 0 aromatic rings. The zero-order valence-corrected chi connectivity index (χ0v) is 5.15. The second-order valence-corrected chi connectivity index (χ2v) is 2.13. The van der Waals surface area contributed by atoms with Gasteiger partial charge in [-0.15, -0.1) is 0 Å². The third-order valence-electron chi connectivity index (χ3n) is 1.07. The van der Waals surface area contributed by atoms with E-state index in [1.165, 1.54) is 0 Å². The summed E-state index contributed by atoms with van der Waals surface area (Å²) in [5, 5.41) is 9.32. The summed E-state index contributed by atoms with van der Waals surface area (Å²) >= 11 is 5.51. The third-order valence-corrected chi connectivity index (χ3v) is 1.42. The van der Waals surface area contributed by atoms with Crippen molar-refractivity contribution in [1.29, 1.82) is 0 Å². The Bertz CT molecular complexity index is 129. The Hall–Kier alpha value is -0.430. The number of hydrogen-bond donors (Lipinski definition) is 1. The van der Waals surface area contributed by atoms with Crippen molar-refractivity contribution in [3.05, 3.63) is 22.9 Å². The Kier molecular flexibility index (Phi) is 1.59. The first-order valence-corrected chi connectivity index (χ1v) is 2.93. The highest BCUT2D eigenvalue weighted by Gasteiger charge is 2.01. The second-order valence-electron chi connectivity index (χ2n) is 1.72. The lowest BCUT2D eigenvalue weighted by Crippen LogP contribution is -1.86. The van der Waals surface area contributed by atoms with Crippen molar-refractivity contribution in [3.8, 4) is 0 Å². The number of hydrogen-bond acceptors (Lipinski definition) is 1. The molecule has 0 saturated carbocycles. The van der Waals surface area contributed by atoms with Gasteiger partial charge in [-0.3, -0.25) is 0 Å². The van der Waals surface area contributed by atoms with Crippen molar-refractivity contribution < 1.29 is 5.11 Å².